The molecule has 0 amide bonds. The maximum atomic E-state index is 5.93. The summed E-state index contributed by atoms with van der Waals surface area (Å²) in [6, 6.07) is 9.04. The van der Waals surface area contributed by atoms with Gasteiger partial charge in [-0.2, -0.15) is 0 Å². The zero-order valence-corrected chi connectivity index (χ0v) is 12.0. The van der Waals surface area contributed by atoms with Gasteiger partial charge < -0.3 is 15.4 Å². The Morgan fingerprint density at radius 3 is 2.79 bits per heavy atom. The van der Waals surface area contributed by atoms with Crippen LogP contribution in [0.5, 0.6) is 0 Å². The molecule has 1 fully saturated rings. The van der Waals surface area contributed by atoms with Gasteiger partial charge in [0.2, 0.25) is 0 Å². The number of hydrogen-bond acceptors (Lipinski definition) is 3. The van der Waals surface area contributed by atoms with E-state index in [0.717, 1.165) is 13.0 Å². The minimum Gasteiger partial charge on any atom is -0.375 e. The predicted octanol–water partition coefficient (Wildman–Crippen LogP) is 2.19. The van der Waals surface area contributed by atoms with Crippen LogP contribution in [0.2, 0.25) is 0 Å². The second-order valence-corrected chi connectivity index (χ2v) is 5.45. The quantitative estimate of drug-likeness (QED) is 0.854. The molecule has 0 saturated carbocycles. The molecule has 0 spiro atoms. The van der Waals surface area contributed by atoms with Crippen molar-refractivity contribution in [1.82, 2.24) is 4.90 Å². The Hall–Kier alpha value is -0.900. The molecule has 106 valence electrons. The van der Waals surface area contributed by atoms with Gasteiger partial charge in [-0.1, -0.05) is 30.7 Å². The van der Waals surface area contributed by atoms with Crippen molar-refractivity contribution in [1.29, 1.82) is 0 Å². The van der Waals surface area contributed by atoms with E-state index in [9.17, 15) is 0 Å². The lowest BCUT2D eigenvalue weighted by Gasteiger charge is -2.32. The predicted molar refractivity (Wildman–Crippen MR) is 79.1 cm³/mol. The molecule has 3 nitrogen and oxygen atoms in total. The summed E-state index contributed by atoms with van der Waals surface area (Å²) in [5.74, 6) is 0. The summed E-state index contributed by atoms with van der Waals surface area (Å²) in [5.41, 5.74) is 8.25. The lowest BCUT2D eigenvalue weighted by atomic mass is 10.0. The van der Waals surface area contributed by atoms with Gasteiger partial charge in [0.05, 0.1) is 13.2 Å². The molecule has 3 heteroatoms. The standard InChI is InChI=1S/C16H26N2O/c1-18-11-5-4-8-16(18)13-19-12-15-7-3-2-6-14(15)9-10-17/h2-3,6-7,16H,4-5,8-13,17H2,1H3. The number of likely N-dealkylation sites (N-methyl/N-ethyl adjacent to an activating group) is 1. The van der Waals surface area contributed by atoms with Gasteiger partial charge in [0.1, 0.15) is 0 Å². The fourth-order valence-corrected chi connectivity index (χ4v) is 2.76. The number of nitrogens with zero attached hydrogens (tertiary/aromatic N) is 1. The summed E-state index contributed by atoms with van der Waals surface area (Å²) < 4.78 is 5.93. The summed E-state index contributed by atoms with van der Waals surface area (Å²) in [6.45, 7) is 3.45. The maximum absolute atomic E-state index is 5.93. The summed E-state index contributed by atoms with van der Waals surface area (Å²) in [6.07, 6.45) is 4.86. The van der Waals surface area contributed by atoms with Crippen molar-refractivity contribution in [3.8, 4) is 0 Å². The minimum atomic E-state index is 0.593. The molecule has 19 heavy (non-hydrogen) atoms. The Labute approximate surface area is 116 Å². The zero-order valence-electron chi connectivity index (χ0n) is 12.0. The van der Waals surface area contributed by atoms with Crippen LogP contribution in [0.25, 0.3) is 0 Å². The van der Waals surface area contributed by atoms with E-state index in [0.29, 0.717) is 19.2 Å². The van der Waals surface area contributed by atoms with Gasteiger partial charge in [0.25, 0.3) is 0 Å². The highest BCUT2D eigenvalue weighted by atomic mass is 16.5. The van der Waals surface area contributed by atoms with Gasteiger partial charge in [-0.25, -0.2) is 0 Å². The van der Waals surface area contributed by atoms with Gasteiger partial charge in [-0.3, -0.25) is 0 Å². The first-order valence-electron chi connectivity index (χ1n) is 7.36. The van der Waals surface area contributed by atoms with Gasteiger partial charge >= 0.3 is 0 Å². The van der Waals surface area contributed by atoms with Gasteiger partial charge in [-0.05, 0) is 50.5 Å². The van der Waals surface area contributed by atoms with Crippen molar-refractivity contribution < 1.29 is 4.74 Å². The van der Waals surface area contributed by atoms with E-state index < -0.39 is 0 Å². The molecule has 1 aliphatic heterocycles. The number of hydrogen-bond donors (Lipinski definition) is 1. The smallest absolute Gasteiger partial charge is 0.0720 e. The van der Waals surface area contributed by atoms with Crippen molar-refractivity contribution in [3.63, 3.8) is 0 Å². The van der Waals surface area contributed by atoms with Gasteiger partial charge in [-0.15, -0.1) is 0 Å². The van der Waals surface area contributed by atoms with Crippen molar-refractivity contribution >= 4 is 0 Å². The molecular formula is C16H26N2O. The van der Waals surface area contributed by atoms with Crippen molar-refractivity contribution in [2.75, 3.05) is 26.7 Å². The van der Waals surface area contributed by atoms with E-state index in [-0.39, 0.29) is 0 Å². The highest BCUT2D eigenvalue weighted by Crippen LogP contribution is 2.16. The summed E-state index contributed by atoms with van der Waals surface area (Å²) in [7, 11) is 2.20. The fourth-order valence-electron chi connectivity index (χ4n) is 2.76. The Balaban J connectivity index is 1.81. The van der Waals surface area contributed by atoms with Crippen molar-refractivity contribution in [3.05, 3.63) is 35.4 Å². The molecule has 2 N–H and O–H groups in total. The number of likely N-dealkylation sites (tertiary alicyclic amines) is 1. The molecule has 1 aromatic carbocycles. The first kappa shape index (κ1) is 14.5. The van der Waals surface area contributed by atoms with Crippen LogP contribution >= 0.6 is 0 Å². The SMILES string of the molecule is CN1CCCCC1COCc1ccccc1CCN. The summed E-state index contributed by atoms with van der Waals surface area (Å²) >= 11 is 0. The van der Waals surface area contributed by atoms with Crippen molar-refractivity contribution in [2.24, 2.45) is 5.73 Å². The lowest BCUT2D eigenvalue weighted by molar-refractivity contribution is 0.0441. The number of nitrogens with two attached hydrogens (primary N) is 1. The molecule has 0 aromatic heterocycles. The van der Waals surface area contributed by atoms with Crippen LogP contribution in [0.3, 0.4) is 0 Å². The van der Waals surface area contributed by atoms with E-state index in [1.54, 1.807) is 0 Å². The molecule has 1 unspecified atom stereocenters. The molecule has 2 rings (SSSR count). The maximum Gasteiger partial charge on any atom is 0.0720 e. The van der Waals surface area contributed by atoms with E-state index >= 15 is 0 Å². The Morgan fingerprint density at radius 1 is 1.26 bits per heavy atom. The molecule has 0 aliphatic carbocycles. The fraction of sp³-hybridized carbons (Fsp3) is 0.625. The highest BCUT2D eigenvalue weighted by molar-refractivity contribution is 5.26. The van der Waals surface area contributed by atoms with Gasteiger partial charge in [0.15, 0.2) is 0 Å². The first-order chi connectivity index (χ1) is 9.31. The molecule has 1 aliphatic rings. The van der Waals surface area contributed by atoms with E-state index in [1.807, 2.05) is 0 Å². The topological polar surface area (TPSA) is 38.5 Å². The molecule has 0 bridgehead atoms. The van der Waals surface area contributed by atoms with Crippen LogP contribution in [-0.2, 0) is 17.8 Å². The molecule has 1 aromatic rings. The third kappa shape index (κ3) is 4.30. The van der Waals surface area contributed by atoms with Crippen LogP contribution in [-0.4, -0.2) is 37.7 Å². The highest BCUT2D eigenvalue weighted by Gasteiger charge is 2.18. The third-order valence-electron chi connectivity index (χ3n) is 4.02. The van der Waals surface area contributed by atoms with Crippen LogP contribution in [0.1, 0.15) is 30.4 Å². The molecule has 1 heterocycles. The number of benzene rings is 1. The van der Waals surface area contributed by atoms with Crippen LogP contribution in [0.15, 0.2) is 24.3 Å². The van der Waals surface area contributed by atoms with E-state index in [2.05, 4.69) is 36.2 Å². The average Bonchev–Trinajstić information content (AvgIpc) is 2.43. The lowest BCUT2D eigenvalue weighted by Crippen LogP contribution is -2.39. The van der Waals surface area contributed by atoms with Crippen molar-refractivity contribution in [2.45, 2.75) is 38.3 Å². The Bertz CT molecular complexity index is 381. The van der Waals surface area contributed by atoms with E-state index in [4.69, 9.17) is 10.5 Å². The average molecular weight is 262 g/mol. The Morgan fingerprint density at radius 2 is 2.05 bits per heavy atom. The molecule has 1 saturated heterocycles. The van der Waals surface area contributed by atoms with Crippen LogP contribution in [0, 0.1) is 0 Å². The minimum absolute atomic E-state index is 0.593. The second-order valence-electron chi connectivity index (χ2n) is 5.45. The molecular weight excluding hydrogens is 236 g/mol. The largest absolute Gasteiger partial charge is 0.375 e. The number of piperidine rings is 1. The zero-order chi connectivity index (χ0) is 13.5. The van der Waals surface area contributed by atoms with Crippen LogP contribution < -0.4 is 5.73 Å². The third-order valence-corrected chi connectivity index (χ3v) is 4.02. The van der Waals surface area contributed by atoms with Gasteiger partial charge in [0, 0.05) is 6.04 Å². The first-order valence-corrected chi connectivity index (χ1v) is 7.36. The number of rotatable bonds is 6. The molecule has 1 atom stereocenters. The summed E-state index contributed by atoms with van der Waals surface area (Å²) in [5, 5.41) is 0. The monoisotopic (exact) mass is 262 g/mol. The second kappa shape index (κ2) is 7.63. The number of ether oxygens (including phenoxy) is 1. The summed E-state index contributed by atoms with van der Waals surface area (Å²) in [4.78, 5) is 2.43. The van der Waals surface area contributed by atoms with Crippen LogP contribution in [0.4, 0.5) is 0 Å². The Kier molecular flexibility index (Phi) is 5.83. The normalized spacial score (nSPS) is 20.6. The van der Waals surface area contributed by atoms with E-state index in [1.165, 1.54) is 36.9 Å². The molecule has 0 radical (unpaired) electrons.